The Labute approximate surface area is 165 Å². The SMILES string of the molecule is CCOC(=O)N1CCC(=NNC(=O)c2ccc(-n3c(C)ccc3C)cc2)CC1. The molecule has 2 aromatic rings. The van der Waals surface area contributed by atoms with E-state index in [1.807, 2.05) is 12.1 Å². The molecule has 2 amide bonds. The zero-order valence-electron chi connectivity index (χ0n) is 16.6. The van der Waals surface area contributed by atoms with Gasteiger partial charge >= 0.3 is 6.09 Å². The number of carbonyl (C=O) groups is 2. The maximum absolute atomic E-state index is 12.4. The second-order valence-corrected chi connectivity index (χ2v) is 6.80. The average molecular weight is 382 g/mol. The third-order valence-electron chi connectivity index (χ3n) is 4.84. The first-order valence-corrected chi connectivity index (χ1v) is 9.52. The quantitative estimate of drug-likeness (QED) is 0.823. The van der Waals surface area contributed by atoms with E-state index in [1.54, 1.807) is 24.0 Å². The summed E-state index contributed by atoms with van der Waals surface area (Å²) in [5.74, 6) is -0.243. The largest absolute Gasteiger partial charge is 0.450 e. The second kappa shape index (κ2) is 8.73. The van der Waals surface area contributed by atoms with Crippen LogP contribution in [-0.2, 0) is 4.74 Å². The summed E-state index contributed by atoms with van der Waals surface area (Å²) in [4.78, 5) is 25.7. The van der Waals surface area contributed by atoms with Gasteiger partial charge in [0.05, 0.1) is 6.61 Å². The Morgan fingerprint density at radius 2 is 1.64 bits per heavy atom. The van der Waals surface area contributed by atoms with E-state index in [-0.39, 0.29) is 12.0 Å². The van der Waals surface area contributed by atoms with Crippen LogP contribution in [0, 0.1) is 13.8 Å². The summed E-state index contributed by atoms with van der Waals surface area (Å²) in [7, 11) is 0. The van der Waals surface area contributed by atoms with Gasteiger partial charge in [-0.05, 0) is 57.2 Å². The lowest BCUT2D eigenvalue weighted by Gasteiger charge is -2.26. The molecule has 0 spiro atoms. The molecule has 0 unspecified atom stereocenters. The van der Waals surface area contributed by atoms with Gasteiger partial charge in [0.15, 0.2) is 0 Å². The molecule has 0 atom stereocenters. The molecule has 1 aliphatic rings. The molecule has 1 fully saturated rings. The Morgan fingerprint density at radius 3 is 2.21 bits per heavy atom. The van der Waals surface area contributed by atoms with Crippen molar-refractivity contribution in [1.29, 1.82) is 0 Å². The van der Waals surface area contributed by atoms with Gasteiger partial charge in [-0.2, -0.15) is 5.10 Å². The minimum absolute atomic E-state index is 0.243. The molecule has 0 saturated carbocycles. The molecule has 28 heavy (non-hydrogen) atoms. The van der Waals surface area contributed by atoms with Crippen molar-refractivity contribution in [2.75, 3.05) is 19.7 Å². The van der Waals surface area contributed by atoms with Crippen LogP contribution in [0.3, 0.4) is 0 Å². The Morgan fingerprint density at radius 1 is 1.04 bits per heavy atom. The van der Waals surface area contributed by atoms with Gasteiger partial charge in [-0.15, -0.1) is 0 Å². The number of hydrogen-bond donors (Lipinski definition) is 1. The fourth-order valence-electron chi connectivity index (χ4n) is 3.31. The van der Waals surface area contributed by atoms with Crippen LogP contribution in [0.2, 0.25) is 0 Å². The number of amides is 2. The minimum atomic E-state index is -0.293. The summed E-state index contributed by atoms with van der Waals surface area (Å²) in [5, 5.41) is 4.23. The number of carbonyl (C=O) groups excluding carboxylic acids is 2. The number of likely N-dealkylation sites (tertiary alicyclic amines) is 1. The highest BCUT2D eigenvalue weighted by Gasteiger charge is 2.20. The van der Waals surface area contributed by atoms with Gasteiger partial charge in [0, 0.05) is 54.3 Å². The number of benzene rings is 1. The molecule has 0 radical (unpaired) electrons. The van der Waals surface area contributed by atoms with Gasteiger partial charge in [0.1, 0.15) is 0 Å². The monoisotopic (exact) mass is 382 g/mol. The van der Waals surface area contributed by atoms with Gasteiger partial charge < -0.3 is 14.2 Å². The van der Waals surface area contributed by atoms with Crippen LogP contribution >= 0.6 is 0 Å². The summed E-state index contributed by atoms with van der Waals surface area (Å²) >= 11 is 0. The third kappa shape index (κ3) is 4.42. The van der Waals surface area contributed by atoms with Crippen molar-refractivity contribution in [3.05, 3.63) is 53.3 Å². The van der Waals surface area contributed by atoms with Crippen LogP contribution in [0.4, 0.5) is 4.79 Å². The van der Waals surface area contributed by atoms with Crippen LogP contribution in [0.25, 0.3) is 5.69 Å². The molecule has 2 heterocycles. The number of hydrazone groups is 1. The third-order valence-corrected chi connectivity index (χ3v) is 4.84. The highest BCUT2D eigenvalue weighted by atomic mass is 16.6. The standard InChI is InChI=1S/C21H26N4O3/c1-4-28-21(27)24-13-11-18(12-14-24)22-23-20(26)17-7-9-19(10-8-17)25-15(2)5-6-16(25)3/h5-10H,4,11-14H2,1-3H3,(H,23,26). The number of rotatable bonds is 4. The molecule has 7 heteroatoms. The maximum atomic E-state index is 12.4. The molecule has 1 aromatic heterocycles. The lowest BCUT2D eigenvalue weighted by atomic mass is 10.1. The van der Waals surface area contributed by atoms with E-state index in [0.29, 0.717) is 38.1 Å². The van der Waals surface area contributed by atoms with E-state index >= 15 is 0 Å². The summed E-state index contributed by atoms with van der Waals surface area (Å²) < 4.78 is 7.14. The molecule has 3 rings (SSSR count). The van der Waals surface area contributed by atoms with Crippen LogP contribution < -0.4 is 5.43 Å². The zero-order chi connectivity index (χ0) is 20.1. The highest BCUT2D eigenvalue weighted by molar-refractivity contribution is 5.96. The van der Waals surface area contributed by atoms with Gasteiger partial charge in [0.2, 0.25) is 0 Å². The summed E-state index contributed by atoms with van der Waals surface area (Å²) in [6, 6.07) is 11.6. The van der Waals surface area contributed by atoms with Crippen LogP contribution in [-0.4, -0.2) is 46.9 Å². The molecular weight excluding hydrogens is 356 g/mol. The molecule has 1 aromatic carbocycles. The molecule has 1 N–H and O–H groups in total. The number of hydrogen-bond acceptors (Lipinski definition) is 4. The van der Waals surface area contributed by atoms with Crippen molar-refractivity contribution < 1.29 is 14.3 Å². The lowest BCUT2D eigenvalue weighted by Crippen LogP contribution is -2.39. The van der Waals surface area contributed by atoms with Crippen molar-refractivity contribution in [2.24, 2.45) is 5.10 Å². The molecule has 1 saturated heterocycles. The summed E-state index contributed by atoms with van der Waals surface area (Å²) in [6.07, 6.45) is 0.966. The van der Waals surface area contributed by atoms with Gasteiger partial charge in [0.25, 0.3) is 5.91 Å². The van der Waals surface area contributed by atoms with Crippen molar-refractivity contribution in [3.63, 3.8) is 0 Å². The number of ether oxygens (including phenoxy) is 1. The average Bonchev–Trinajstić information content (AvgIpc) is 3.05. The van der Waals surface area contributed by atoms with E-state index in [4.69, 9.17) is 4.74 Å². The van der Waals surface area contributed by atoms with Gasteiger partial charge in [-0.1, -0.05) is 0 Å². The van der Waals surface area contributed by atoms with Crippen molar-refractivity contribution in [3.8, 4) is 5.69 Å². The molecule has 0 aliphatic carbocycles. The molecule has 0 bridgehead atoms. The van der Waals surface area contributed by atoms with Crippen molar-refractivity contribution in [1.82, 2.24) is 14.9 Å². The second-order valence-electron chi connectivity index (χ2n) is 6.80. The predicted octanol–water partition coefficient (Wildman–Crippen LogP) is 3.43. The Balaban J connectivity index is 1.57. The predicted molar refractivity (Wildman–Crippen MR) is 108 cm³/mol. The van der Waals surface area contributed by atoms with E-state index in [1.165, 1.54) is 0 Å². The molecule has 148 valence electrons. The van der Waals surface area contributed by atoms with Crippen molar-refractivity contribution >= 4 is 17.7 Å². The fourth-order valence-corrected chi connectivity index (χ4v) is 3.31. The van der Waals surface area contributed by atoms with E-state index in [0.717, 1.165) is 22.8 Å². The smallest absolute Gasteiger partial charge is 0.409 e. The number of nitrogens with zero attached hydrogens (tertiary/aromatic N) is 3. The van der Waals surface area contributed by atoms with Crippen LogP contribution in [0.1, 0.15) is 41.5 Å². The maximum Gasteiger partial charge on any atom is 0.409 e. The molecule has 7 nitrogen and oxygen atoms in total. The minimum Gasteiger partial charge on any atom is -0.450 e. The van der Waals surface area contributed by atoms with E-state index < -0.39 is 0 Å². The number of aromatic nitrogens is 1. The van der Waals surface area contributed by atoms with Crippen LogP contribution in [0.15, 0.2) is 41.5 Å². The number of aryl methyl sites for hydroxylation is 2. The first kappa shape index (κ1) is 19.7. The normalized spacial score (nSPS) is 14.0. The molecule has 1 aliphatic heterocycles. The first-order chi connectivity index (χ1) is 13.5. The fraction of sp³-hybridized carbons (Fsp3) is 0.381. The van der Waals surface area contributed by atoms with Crippen molar-refractivity contribution in [2.45, 2.75) is 33.6 Å². The number of piperidine rings is 1. The Hall–Kier alpha value is -3.09. The first-order valence-electron chi connectivity index (χ1n) is 9.52. The zero-order valence-corrected chi connectivity index (χ0v) is 16.6. The van der Waals surface area contributed by atoms with Gasteiger partial charge in [-0.25, -0.2) is 10.2 Å². The van der Waals surface area contributed by atoms with Crippen LogP contribution in [0.5, 0.6) is 0 Å². The molecular formula is C21H26N4O3. The van der Waals surface area contributed by atoms with E-state index in [2.05, 4.69) is 41.1 Å². The summed E-state index contributed by atoms with van der Waals surface area (Å²) in [5.41, 5.74) is 7.38. The van der Waals surface area contributed by atoms with E-state index in [9.17, 15) is 9.59 Å². The topological polar surface area (TPSA) is 75.9 Å². The lowest BCUT2D eigenvalue weighted by molar-refractivity contribution is 0.0951. The summed E-state index contributed by atoms with van der Waals surface area (Å²) in [6.45, 7) is 7.37. The highest BCUT2D eigenvalue weighted by Crippen LogP contribution is 2.17. The Bertz CT molecular complexity index is 854. The van der Waals surface area contributed by atoms with Gasteiger partial charge in [-0.3, -0.25) is 4.79 Å². The number of nitrogens with one attached hydrogen (secondary N) is 1. The Kier molecular flexibility index (Phi) is 6.13.